The average Bonchev–Trinajstić information content (AvgIpc) is 2.82. The van der Waals surface area contributed by atoms with E-state index in [2.05, 4.69) is 0 Å². The molecule has 0 radical (unpaired) electrons. The number of anilines is 1. The Morgan fingerprint density at radius 2 is 1.81 bits per heavy atom. The van der Waals surface area contributed by atoms with Crippen molar-refractivity contribution in [3.63, 3.8) is 0 Å². The van der Waals surface area contributed by atoms with E-state index in [1.807, 2.05) is 11.8 Å². The fraction of sp³-hybridized carbons (Fsp3) is 0.333. The number of benzene rings is 2. The maximum Gasteiger partial charge on any atom is 0.331 e. The van der Waals surface area contributed by atoms with E-state index in [4.69, 9.17) is 14.2 Å². The lowest BCUT2D eigenvalue weighted by Crippen LogP contribution is -2.50. The quantitative estimate of drug-likeness (QED) is 0.462. The SMILES string of the molecule is CCOc1ccc(/C=C/C(=O)OCC(=O)N2CCN(c3ccccc3F)CC2)cc1OC. The average molecular weight is 442 g/mol. The van der Waals surface area contributed by atoms with Crippen LogP contribution in [-0.2, 0) is 14.3 Å². The lowest BCUT2D eigenvalue weighted by molar-refractivity contribution is -0.148. The number of nitrogens with zero attached hydrogens (tertiary/aromatic N) is 2. The van der Waals surface area contributed by atoms with E-state index in [1.54, 1.807) is 54.5 Å². The lowest BCUT2D eigenvalue weighted by atomic mass is 10.2. The molecule has 1 amide bonds. The lowest BCUT2D eigenvalue weighted by Gasteiger charge is -2.36. The molecule has 170 valence electrons. The molecule has 1 saturated heterocycles. The van der Waals surface area contributed by atoms with E-state index in [0.29, 0.717) is 50.0 Å². The summed E-state index contributed by atoms with van der Waals surface area (Å²) in [6, 6.07) is 11.9. The monoisotopic (exact) mass is 442 g/mol. The van der Waals surface area contributed by atoms with Gasteiger partial charge in [0.2, 0.25) is 0 Å². The molecule has 0 bridgehead atoms. The second-order valence-corrected chi connectivity index (χ2v) is 7.10. The summed E-state index contributed by atoms with van der Waals surface area (Å²) in [4.78, 5) is 27.9. The highest BCUT2D eigenvalue weighted by Crippen LogP contribution is 2.28. The topological polar surface area (TPSA) is 68.3 Å². The smallest absolute Gasteiger partial charge is 0.331 e. The Kier molecular flexibility index (Phi) is 8.08. The van der Waals surface area contributed by atoms with Crippen LogP contribution in [0.5, 0.6) is 11.5 Å². The Hall–Kier alpha value is -3.55. The standard InChI is InChI=1S/C24H27FN2O5/c1-3-31-21-10-8-18(16-22(21)30-2)9-11-24(29)32-17-23(28)27-14-12-26(13-15-27)20-7-5-4-6-19(20)25/h4-11,16H,3,12-15,17H2,1-2H3/b11-9+. The molecule has 8 heteroatoms. The van der Waals surface area contributed by atoms with Gasteiger partial charge in [-0.15, -0.1) is 0 Å². The Balaban J connectivity index is 1.46. The van der Waals surface area contributed by atoms with Crippen molar-refractivity contribution < 1.29 is 28.2 Å². The molecule has 0 N–H and O–H groups in total. The van der Waals surface area contributed by atoms with Gasteiger partial charge >= 0.3 is 5.97 Å². The molecule has 0 aromatic heterocycles. The van der Waals surface area contributed by atoms with Gasteiger partial charge in [-0.2, -0.15) is 0 Å². The number of amides is 1. The van der Waals surface area contributed by atoms with E-state index < -0.39 is 5.97 Å². The van der Waals surface area contributed by atoms with Crippen molar-refractivity contribution in [3.05, 3.63) is 59.9 Å². The van der Waals surface area contributed by atoms with Gasteiger partial charge in [0, 0.05) is 32.3 Å². The highest BCUT2D eigenvalue weighted by atomic mass is 19.1. The van der Waals surface area contributed by atoms with Crippen LogP contribution >= 0.6 is 0 Å². The van der Waals surface area contributed by atoms with Crippen molar-refractivity contribution in [1.82, 2.24) is 4.90 Å². The highest BCUT2D eigenvalue weighted by Gasteiger charge is 2.23. The van der Waals surface area contributed by atoms with Crippen LogP contribution in [0.3, 0.4) is 0 Å². The van der Waals surface area contributed by atoms with E-state index in [9.17, 15) is 14.0 Å². The number of carbonyl (C=O) groups excluding carboxylic acids is 2. The molecule has 1 aliphatic heterocycles. The summed E-state index contributed by atoms with van der Waals surface area (Å²) < 4.78 is 29.8. The second-order valence-electron chi connectivity index (χ2n) is 7.10. The summed E-state index contributed by atoms with van der Waals surface area (Å²) in [7, 11) is 1.54. The number of esters is 1. The molecule has 7 nitrogen and oxygen atoms in total. The van der Waals surface area contributed by atoms with Crippen LogP contribution in [-0.4, -0.2) is 63.3 Å². The van der Waals surface area contributed by atoms with E-state index >= 15 is 0 Å². The zero-order valence-electron chi connectivity index (χ0n) is 18.3. The zero-order chi connectivity index (χ0) is 22.9. The van der Waals surface area contributed by atoms with Gasteiger partial charge in [-0.3, -0.25) is 4.79 Å². The normalized spacial score (nSPS) is 13.8. The predicted octanol–water partition coefficient (Wildman–Crippen LogP) is 3.14. The number of piperazine rings is 1. The molecule has 32 heavy (non-hydrogen) atoms. The summed E-state index contributed by atoms with van der Waals surface area (Å²) in [6.07, 6.45) is 2.84. The van der Waals surface area contributed by atoms with Gasteiger partial charge < -0.3 is 24.0 Å². The number of methoxy groups -OCH3 is 1. The van der Waals surface area contributed by atoms with Crippen LogP contribution in [0.4, 0.5) is 10.1 Å². The number of para-hydroxylation sites is 1. The van der Waals surface area contributed by atoms with Crippen molar-refractivity contribution in [3.8, 4) is 11.5 Å². The summed E-state index contributed by atoms with van der Waals surface area (Å²) in [5.41, 5.74) is 1.26. The molecule has 1 fully saturated rings. The van der Waals surface area contributed by atoms with Gasteiger partial charge in [-0.1, -0.05) is 18.2 Å². The summed E-state index contributed by atoms with van der Waals surface area (Å²) in [6.45, 7) is 3.96. The first kappa shape index (κ1) is 23.1. The van der Waals surface area contributed by atoms with E-state index in [0.717, 1.165) is 5.56 Å². The summed E-state index contributed by atoms with van der Waals surface area (Å²) in [5.74, 6) is 0.0134. The minimum atomic E-state index is -0.615. The number of ether oxygens (including phenoxy) is 3. The van der Waals surface area contributed by atoms with Crippen LogP contribution in [0.1, 0.15) is 12.5 Å². The molecule has 0 atom stereocenters. The molecule has 0 saturated carbocycles. The van der Waals surface area contributed by atoms with Crippen molar-refractivity contribution in [1.29, 1.82) is 0 Å². The summed E-state index contributed by atoms with van der Waals surface area (Å²) in [5, 5.41) is 0. The zero-order valence-corrected chi connectivity index (χ0v) is 18.3. The van der Waals surface area contributed by atoms with Crippen LogP contribution in [0.15, 0.2) is 48.5 Å². The van der Waals surface area contributed by atoms with Crippen LogP contribution in [0.25, 0.3) is 6.08 Å². The molecule has 0 spiro atoms. The molecular formula is C24H27FN2O5. The van der Waals surface area contributed by atoms with Crippen molar-refractivity contribution in [2.75, 3.05) is 51.4 Å². The van der Waals surface area contributed by atoms with Gasteiger partial charge in [0.25, 0.3) is 5.91 Å². The predicted molar refractivity (Wildman–Crippen MR) is 119 cm³/mol. The highest BCUT2D eigenvalue weighted by molar-refractivity contribution is 5.89. The first-order valence-electron chi connectivity index (χ1n) is 10.4. The Morgan fingerprint density at radius 3 is 2.50 bits per heavy atom. The first-order chi connectivity index (χ1) is 15.5. The maximum absolute atomic E-state index is 13.9. The van der Waals surface area contributed by atoms with Crippen LogP contribution in [0.2, 0.25) is 0 Å². The number of hydrogen-bond acceptors (Lipinski definition) is 6. The third-order valence-corrected chi connectivity index (χ3v) is 5.06. The Bertz CT molecular complexity index is 971. The van der Waals surface area contributed by atoms with Gasteiger partial charge in [0.15, 0.2) is 18.1 Å². The number of carbonyl (C=O) groups is 2. The molecular weight excluding hydrogens is 415 g/mol. The molecule has 1 aliphatic rings. The second kappa shape index (κ2) is 11.2. The molecule has 2 aromatic carbocycles. The van der Waals surface area contributed by atoms with Crippen LogP contribution in [0, 0.1) is 5.82 Å². The third-order valence-electron chi connectivity index (χ3n) is 5.06. The minimum absolute atomic E-state index is 0.275. The number of hydrogen-bond donors (Lipinski definition) is 0. The van der Waals surface area contributed by atoms with Crippen molar-refractivity contribution >= 4 is 23.6 Å². The van der Waals surface area contributed by atoms with Crippen molar-refractivity contribution in [2.45, 2.75) is 6.92 Å². The molecule has 0 aliphatic carbocycles. The largest absolute Gasteiger partial charge is 0.493 e. The fourth-order valence-electron chi connectivity index (χ4n) is 3.40. The van der Waals surface area contributed by atoms with E-state index in [-0.39, 0.29) is 18.3 Å². The van der Waals surface area contributed by atoms with Gasteiger partial charge in [0.05, 0.1) is 19.4 Å². The molecule has 2 aromatic rings. The number of halogens is 1. The van der Waals surface area contributed by atoms with E-state index in [1.165, 1.54) is 12.1 Å². The Morgan fingerprint density at radius 1 is 1.06 bits per heavy atom. The molecule has 3 rings (SSSR count). The van der Waals surface area contributed by atoms with Gasteiger partial charge in [-0.25, -0.2) is 9.18 Å². The molecule has 0 unspecified atom stereocenters. The fourth-order valence-corrected chi connectivity index (χ4v) is 3.40. The first-order valence-corrected chi connectivity index (χ1v) is 10.4. The van der Waals surface area contributed by atoms with Gasteiger partial charge in [0.1, 0.15) is 5.82 Å². The summed E-state index contributed by atoms with van der Waals surface area (Å²) >= 11 is 0. The molecule has 1 heterocycles. The minimum Gasteiger partial charge on any atom is -0.493 e. The number of rotatable bonds is 8. The maximum atomic E-state index is 13.9. The van der Waals surface area contributed by atoms with Crippen LogP contribution < -0.4 is 14.4 Å². The Labute approximate surface area is 187 Å². The third kappa shape index (κ3) is 6.00. The van der Waals surface area contributed by atoms with Crippen molar-refractivity contribution in [2.24, 2.45) is 0 Å². The van der Waals surface area contributed by atoms with Gasteiger partial charge in [-0.05, 0) is 42.8 Å².